The predicted molar refractivity (Wildman–Crippen MR) is 98.1 cm³/mol. The van der Waals surface area contributed by atoms with Gasteiger partial charge in [-0.05, 0) is 62.2 Å². The van der Waals surface area contributed by atoms with E-state index in [1.807, 2.05) is 19.2 Å². The van der Waals surface area contributed by atoms with Crippen LogP contribution in [0.5, 0.6) is 0 Å². The Bertz CT molecular complexity index is 620. The van der Waals surface area contributed by atoms with E-state index in [2.05, 4.69) is 15.6 Å². The lowest BCUT2D eigenvalue weighted by molar-refractivity contribution is -0.148. The number of aromatic nitrogens is 1. The number of rotatable bonds is 5. The standard InChI is InChI=1S/C19H27N3O2S/c1-11(2)15(16(23)22-18-20-3-4-25-18)21-17(24)19-8-12-5-13(9-19)7-14(6-12)10-19/h3-4,11-15H,5-10H2,1-2H3,(H,21,24)(H,20,22,23)/t12?,13?,14?,15-,19?/m0/s1. The Balaban J connectivity index is 1.47. The van der Waals surface area contributed by atoms with Crippen molar-refractivity contribution in [1.82, 2.24) is 10.3 Å². The van der Waals surface area contributed by atoms with E-state index in [0.717, 1.165) is 37.0 Å². The Morgan fingerprint density at radius 1 is 1.16 bits per heavy atom. The number of nitrogens with zero attached hydrogens (tertiary/aromatic N) is 1. The second-order valence-electron chi connectivity index (χ2n) is 8.72. The van der Waals surface area contributed by atoms with Gasteiger partial charge in [0, 0.05) is 17.0 Å². The number of hydrogen-bond acceptors (Lipinski definition) is 4. The molecular weight excluding hydrogens is 334 g/mol. The van der Waals surface area contributed by atoms with Gasteiger partial charge in [-0.3, -0.25) is 9.59 Å². The Kier molecular flexibility index (Phi) is 4.34. The first-order chi connectivity index (χ1) is 11.9. The van der Waals surface area contributed by atoms with Gasteiger partial charge in [-0.15, -0.1) is 11.3 Å². The molecule has 4 bridgehead atoms. The second-order valence-corrected chi connectivity index (χ2v) is 9.61. The molecule has 4 saturated carbocycles. The molecule has 6 heteroatoms. The zero-order valence-electron chi connectivity index (χ0n) is 15.0. The van der Waals surface area contributed by atoms with E-state index >= 15 is 0 Å². The summed E-state index contributed by atoms with van der Waals surface area (Å²) in [6.07, 6.45) is 8.65. The third-order valence-electron chi connectivity index (χ3n) is 6.42. The maximum atomic E-state index is 13.2. The summed E-state index contributed by atoms with van der Waals surface area (Å²) >= 11 is 1.39. The molecule has 2 amide bonds. The van der Waals surface area contributed by atoms with Crippen molar-refractivity contribution in [1.29, 1.82) is 0 Å². The fourth-order valence-electron chi connectivity index (χ4n) is 5.69. The zero-order chi connectivity index (χ0) is 17.6. The quantitative estimate of drug-likeness (QED) is 0.844. The molecule has 4 aliphatic rings. The van der Waals surface area contributed by atoms with Crippen LogP contribution in [0.4, 0.5) is 5.13 Å². The van der Waals surface area contributed by atoms with Crippen LogP contribution >= 0.6 is 11.3 Å². The van der Waals surface area contributed by atoms with Crippen LogP contribution in [0.25, 0.3) is 0 Å². The SMILES string of the molecule is CC(C)[C@H](NC(=O)C12CC3CC(CC(C3)C1)C2)C(=O)Nc1nccs1. The third-order valence-corrected chi connectivity index (χ3v) is 7.11. The monoisotopic (exact) mass is 361 g/mol. The predicted octanol–water partition coefficient (Wildman–Crippen LogP) is 3.44. The summed E-state index contributed by atoms with van der Waals surface area (Å²) in [6, 6.07) is -0.510. The molecule has 1 heterocycles. The first-order valence-electron chi connectivity index (χ1n) is 9.46. The second kappa shape index (κ2) is 6.38. The van der Waals surface area contributed by atoms with E-state index in [-0.39, 0.29) is 23.1 Å². The first-order valence-corrected chi connectivity index (χ1v) is 10.3. The molecule has 0 radical (unpaired) electrons. The van der Waals surface area contributed by atoms with Crippen molar-refractivity contribution in [2.75, 3.05) is 5.32 Å². The molecule has 25 heavy (non-hydrogen) atoms. The van der Waals surface area contributed by atoms with Gasteiger partial charge in [0.1, 0.15) is 6.04 Å². The highest BCUT2D eigenvalue weighted by Crippen LogP contribution is 2.60. The van der Waals surface area contributed by atoms with Crippen molar-refractivity contribution in [3.05, 3.63) is 11.6 Å². The summed E-state index contributed by atoms with van der Waals surface area (Å²) in [4.78, 5) is 30.0. The van der Waals surface area contributed by atoms with E-state index in [4.69, 9.17) is 0 Å². The fraction of sp³-hybridized carbons (Fsp3) is 0.737. The molecule has 1 aromatic rings. The molecule has 136 valence electrons. The summed E-state index contributed by atoms with van der Waals surface area (Å²) < 4.78 is 0. The van der Waals surface area contributed by atoms with Crippen molar-refractivity contribution in [3.63, 3.8) is 0 Å². The molecule has 1 atom stereocenters. The highest BCUT2D eigenvalue weighted by atomic mass is 32.1. The van der Waals surface area contributed by atoms with E-state index in [0.29, 0.717) is 5.13 Å². The van der Waals surface area contributed by atoms with Crippen LogP contribution in [0.3, 0.4) is 0 Å². The molecule has 0 saturated heterocycles. The lowest BCUT2D eigenvalue weighted by atomic mass is 9.49. The van der Waals surface area contributed by atoms with Gasteiger partial charge in [-0.25, -0.2) is 4.98 Å². The van der Waals surface area contributed by atoms with Crippen LogP contribution < -0.4 is 10.6 Å². The molecule has 2 N–H and O–H groups in total. The molecule has 4 fully saturated rings. The highest BCUT2D eigenvalue weighted by molar-refractivity contribution is 7.13. The van der Waals surface area contributed by atoms with Crippen molar-refractivity contribution in [2.24, 2.45) is 29.1 Å². The van der Waals surface area contributed by atoms with Crippen LogP contribution in [0.2, 0.25) is 0 Å². The lowest BCUT2D eigenvalue weighted by Gasteiger charge is -2.55. The van der Waals surface area contributed by atoms with Crippen molar-refractivity contribution in [2.45, 2.75) is 58.4 Å². The molecule has 1 aromatic heterocycles. The summed E-state index contributed by atoms with van der Waals surface area (Å²) in [7, 11) is 0. The highest BCUT2D eigenvalue weighted by Gasteiger charge is 2.55. The van der Waals surface area contributed by atoms with Gasteiger partial charge in [0.05, 0.1) is 0 Å². The average Bonchev–Trinajstić information content (AvgIpc) is 3.03. The molecule has 5 rings (SSSR count). The molecular formula is C19H27N3O2S. The molecule has 4 aliphatic carbocycles. The van der Waals surface area contributed by atoms with Crippen molar-refractivity contribution >= 4 is 28.3 Å². The van der Waals surface area contributed by atoms with Crippen LogP contribution in [0.15, 0.2) is 11.6 Å². The molecule has 0 spiro atoms. The number of anilines is 1. The molecule has 0 unspecified atom stereocenters. The molecule has 0 aliphatic heterocycles. The largest absolute Gasteiger partial charge is 0.344 e. The minimum Gasteiger partial charge on any atom is -0.344 e. The number of amides is 2. The minimum absolute atomic E-state index is 0.0397. The van der Waals surface area contributed by atoms with E-state index in [1.165, 1.54) is 30.6 Å². The number of thiazole rings is 1. The van der Waals surface area contributed by atoms with Crippen LogP contribution in [0, 0.1) is 29.1 Å². The van der Waals surface area contributed by atoms with Crippen molar-refractivity contribution in [3.8, 4) is 0 Å². The lowest BCUT2D eigenvalue weighted by Crippen LogP contribution is -2.57. The Morgan fingerprint density at radius 2 is 1.76 bits per heavy atom. The Hall–Kier alpha value is -1.43. The van der Waals surface area contributed by atoms with Gasteiger partial charge in [-0.1, -0.05) is 13.8 Å². The summed E-state index contributed by atoms with van der Waals surface area (Å²) in [5.74, 6) is 2.15. The summed E-state index contributed by atoms with van der Waals surface area (Å²) in [5.41, 5.74) is -0.219. The number of hydrogen-bond donors (Lipinski definition) is 2. The minimum atomic E-state index is -0.510. The van der Waals surface area contributed by atoms with Crippen LogP contribution in [0.1, 0.15) is 52.4 Å². The maximum Gasteiger partial charge on any atom is 0.248 e. The van der Waals surface area contributed by atoms with Gasteiger partial charge >= 0.3 is 0 Å². The molecule has 0 aromatic carbocycles. The van der Waals surface area contributed by atoms with Gasteiger partial charge in [0.2, 0.25) is 11.8 Å². The zero-order valence-corrected chi connectivity index (χ0v) is 15.8. The number of nitrogens with one attached hydrogen (secondary N) is 2. The smallest absolute Gasteiger partial charge is 0.248 e. The van der Waals surface area contributed by atoms with Crippen LogP contribution in [-0.2, 0) is 9.59 Å². The fourth-order valence-corrected chi connectivity index (χ4v) is 6.22. The van der Waals surface area contributed by atoms with Gasteiger partial charge in [-0.2, -0.15) is 0 Å². The maximum absolute atomic E-state index is 13.2. The number of carbonyl (C=O) groups is 2. The van der Waals surface area contributed by atoms with Crippen LogP contribution in [-0.4, -0.2) is 22.8 Å². The van der Waals surface area contributed by atoms with Gasteiger partial charge in [0.15, 0.2) is 5.13 Å². The summed E-state index contributed by atoms with van der Waals surface area (Å²) in [6.45, 7) is 3.96. The Labute approximate surface area is 153 Å². The topological polar surface area (TPSA) is 71.1 Å². The first kappa shape index (κ1) is 17.0. The Morgan fingerprint density at radius 3 is 2.24 bits per heavy atom. The third kappa shape index (κ3) is 3.21. The normalized spacial score (nSPS) is 34.1. The van der Waals surface area contributed by atoms with E-state index in [1.54, 1.807) is 6.20 Å². The summed E-state index contributed by atoms with van der Waals surface area (Å²) in [5, 5.41) is 8.36. The van der Waals surface area contributed by atoms with Gasteiger partial charge < -0.3 is 10.6 Å². The van der Waals surface area contributed by atoms with E-state index < -0.39 is 6.04 Å². The number of carbonyl (C=O) groups excluding carboxylic acids is 2. The van der Waals surface area contributed by atoms with Crippen molar-refractivity contribution < 1.29 is 9.59 Å². The van der Waals surface area contributed by atoms with E-state index in [9.17, 15) is 9.59 Å². The molecule has 5 nitrogen and oxygen atoms in total. The van der Waals surface area contributed by atoms with Gasteiger partial charge in [0.25, 0.3) is 0 Å². The average molecular weight is 362 g/mol.